The number of carbonyl (C=O) groups excluding carboxylic acids is 2. The predicted molar refractivity (Wildman–Crippen MR) is 106 cm³/mol. The van der Waals surface area contributed by atoms with Crippen molar-refractivity contribution in [3.8, 4) is 17.0 Å². The maximum atomic E-state index is 13.1. The quantitative estimate of drug-likeness (QED) is 0.832. The number of nitrogens with one attached hydrogen (secondary N) is 1. The number of aromatic nitrogens is 2. The Morgan fingerprint density at radius 2 is 2.11 bits per heavy atom. The maximum Gasteiger partial charge on any atom is 0.258 e. The number of fused-ring (bicyclic) bond motifs is 1. The van der Waals surface area contributed by atoms with Crippen molar-refractivity contribution in [2.45, 2.75) is 46.2 Å². The van der Waals surface area contributed by atoms with Gasteiger partial charge in [-0.15, -0.1) is 0 Å². The molecule has 28 heavy (non-hydrogen) atoms. The van der Waals surface area contributed by atoms with Crippen LogP contribution >= 0.6 is 0 Å². The van der Waals surface area contributed by atoms with Gasteiger partial charge in [0, 0.05) is 38.2 Å². The first-order valence-corrected chi connectivity index (χ1v) is 9.81. The molecule has 0 saturated heterocycles. The van der Waals surface area contributed by atoms with Gasteiger partial charge in [-0.25, -0.2) is 0 Å². The Kier molecular flexibility index (Phi) is 4.61. The fourth-order valence-corrected chi connectivity index (χ4v) is 4.00. The first-order chi connectivity index (χ1) is 13.4. The minimum absolute atomic E-state index is 0.0633. The highest BCUT2D eigenvalue weighted by Crippen LogP contribution is 2.41. The average molecular weight is 382 g/mol. The van der Waals surface area contributed by atoms with Crippen LogP contribution in [0.1, 0.15) is 49.5 Å². The molecule has 2 aliphatic rings. The van der Waals surface area contributed by atoms with Crippen LogP contribution in [0.25, 0.3) is 11.3 Å². The van der Waals surface area contributed by atoms with E-state index in [1.807, 2.05) is 37.1 Å². The molecule has 148 valence electrons. The highest BCUT2D eigenvalue weighted by molar-refractivity contribution is 6.02. The molecule has 1 saturated carbocycles. The SMILES string of the molecule is CCOc1cc(-c2cc(NC(C)=O)nn2C)cc2c1C(=O)N([C@@H](C)C1CC1)C2. The molecule has 0 bridgehead atoms. The highest BCUT2D eigenvalue weighted by Gasteiger charge is 2.40. The Hall–Kier alpha value is -2.83. The predicted octanol–water partition coefficient (Wildman–Crippen LogP) is 3.20. The van der Waals surface area contributed by atoms with Crippen LogP contribution in [-0.2, 0) is 18.4 Å². The van der Waals surface area contributed by atoms with Crippen molar-refractivity contribution < 1.29 is 14.3 Å². The number of ether oxygens (including phenoxy) is 1. The Morgan fingerprint density at radius 3 is 2.75 bits per heavy atom. The third-order valence-corrected chi connectivity index (χ3v) is 5.57. The van der Waals surface area contributed by atoms with E-state index >= 15 is 0 Å². The molecule has 1 N–H and O–H groups in total. The topological polar surface area (TPSA) is 76.5 Å². The zero-order valence-electron chi connectivity index (χ0n) is 16.8. The summed E-state index contributed by atoms with van der Waals surface area (Å²) in [6.07, 6.45) is 2.40. The summed E-state index contributed by atoms with van der Waals surface area (Å²) < 4.78 is 7.58. The standard InChI is InChI=1S/C21H26N4O3/c1-5-28-18-9-15(17-10-19(22-13(3)26)23-24(17)4)8-16-11-25(21(27)20(16)18)12(2)14-6-7-14/h8-10,12,14H,5-7,11H2,1-4H3,(H,22,23,26)/t12-/m0/s1. The van der Waals surface area contributed by atoms with Crippen molar-refractivity contribution in [2.75, 3.05) is 11.9 Å². The lowest BCUT2D eigenvalue weighted by Crippen LogP contribution is -2.34. The monoisotopic (exact) mass is 382 g/mol. The molecule has 2 aromatic rings. The zero-order valence-corrected chi connectivity index (χ0v) is 16.8. The van der Waals surface area contributed by atoms with Crippen molar-refractivity contribution in [1.82, 2.24) is 14.7 Å². The van der Waals surface area contributed by atoms with Crippen molar-refractivity contribution in [2.24, 2.45) is 13.0 Å². The molecule has 0 radical (unpaired) electrons. The Bertz CT molecular complexity index is 945. The number of hydrogen-bond donors (Lipinski definition) is 1. The summed E-state index contributed by atoms with van der Waals surface area (Å²) in [5, 5.41) is 7.06. The molecule has 1 atom stereocenters. The first-order valence-electron chi connectivity index (χ1n) is 9.81. The molecule has 2 amide bonds. The van der Waals surface area contributed by atoms with E-state index in [-0.39, 0.29) is 17.9 Å². The largest absolute Gasteiger partial charge is 0.493 e. The van der Waals surface area contributed by atoms with Crippen molar-refractivity contribution in [3.05, 3.63) is 29.3 Å². The second-order valence-electron chi connectivity index (χ2n) is 7.67. The minimum atomic E-state index is -0.163. The Balaban J connectivity index is 1.73. The molecule has 4 rings (SSSR count). The summed E-state index contributed by atoms with van der Waals surface area (Å²) >= 11 is 0. The molecule has 1 aliphatic carbocycles. The molecule has 7 nitrogen and oxygen atoms in total. The fraction of sp³-hybridized carbons (Fsp3) is 0.476. The van der Waals surface area contributed by atoms with Gasteiger partial charge >= 0.3 is 0 Å². The number of rotatable bonds is 6. The smallest absolute Gasteiger partial charge is 0.258 e. The molecule has 0 unspecified atom stereocenters. The number of hydrogen-bond acceptors (Lipinski definition) is 4. The minimum Gasteiger partial charge on any atom is -0.493 e. The van der Waals surface area contributed by atoms with E-state index in [9.17, 15) is 9.59 Å². The van der Waals surface area contributed by atoms with Crippen molar-refractivity contribution in [1.29, 1.82) is 0 Å². The normalized spacial score (nSPS) is 16.9. The van der Waals surface area contributed by atoms with Gasteiger partial charge in [0.15, 0.2) is 5.82 Å². The third kappa shape index (κ3) is 3.25. The molecular formula is C21H26N4O3. The molecule has 1 aromatic carbocycles. The van der Waals surface area contributed by atoms with Crippen LogP contribution in [0.2, 0.25) is 0 Å². The first kappa shape index (κ1) is 18.5. The van der Waals surface area contributed by atoms with E-state index < -0.39 is 0 Å². The van der Waals surface area contributed by atoms with Gasteiger partial charge in [0.2, 0.25) is 5.91 Å². The van der Waals surface area contributed by atoms with Gasteiger partial charge in [0.05, 0.1) is 17.9 Å². The number of carbonyl (C=O) groups is 2. The Labute approximate surface area is 164 Å². The number of aryl methyl sites for hydroxylation is 1. The van der Waals surface area contributed by atoms with Gasteiger partial charge in [-0.1, -0.05) is 0 Å². The summed E-state index contributed by atoms with van der Waals surface area (Å²) in [5.41, 5.74) is 3.44. The summed E-state index contributed by atoms with van der Waals surface area (Å²) in [6.45, 7) is 6.61. The molecular weight excluding hydrogens is 356 g/mol. The van der Waals surface area contributed by atoms with Crippen molar-refractivity contribution >= 4 is 17.6 Å². The van der Waals surface area contributed by atoms with E-state index in [1.165, 1.54) is 19.8 Å². The van der Waals surface area contributed by atoms with E-state index in [1.54, 1.807) is 4.68 Å². The van der Waals surface area contributed by atoms with E-state index in [0.29, 0.717) is 36.2 Å². The van der Waals surface area contributed by atoms with Gasteiger partial charge in [-0.2, -0.15) is 5.10 Å². The lowest BCUT2D eigenvalue weighted by Gasteiger charge is -2.24. The summed E-state index contributed by atoms with van der Waals surface area (Å²) in [5.74, 6) is 1.64. The summed E-state index contributed by atoms with van der Waals surface area (Å²) in [4.78, 5) is 26.4. The van der Waals surface area contributed by atoms with Crippen LogP contribution in [0.3, 0.4) is 0 Å². The zero-order chi connectivity index (χ0) is 20.0. The molecule has 1 fully saturated rings. The molecule has 2 heterocycles. The van der Waals surface area contributed by atoms with Crippen LogP contribution in [0.15, 0.2) is 18.2 Å². The van der Waals surface area contributed by atoms with Crippen LogP contribution in [0.4, 0.5) is 5.82 Å². The van der Waals surface area contributed by atoms with Gasteiger partial charge in [0.25, 0.3) is 5.91 Å². The number of nitrogens with zero attached hydrogens (tertiary/aromatic N) is 3. The molecule has 0 spiro atoms. The van der Waals surface area contributed by atoms with Gasteiger partial charge < -0.3 is 15.0 Å². The molecule has 1 aromatic heterocycles. The van der Waals surface area contributed by atoms with Crippen LogP contribution in [0.5, 0.6) is 5.75 Å². The molecule has 7 heteroatoms. The van der Waals surface area contributed by atoms with E-state index in [4.69, 9.17) is 4.74 Å². The lowest BCUT2D eigenvalue weighted by molar-refractivity contribution is -0.114. The van der Waals surface area contributed by atoms with E-state index in [0.717, 1.165) is 16.8 Å². The summed E-state index contributed by atoms with van der Waals surface area (Å²) in [6, 6.07) is 6.03. The van der Waals surface area contributed by atoms with Crippen LogP contribution in [-0.4, -0.2) is 39.1 Å². The number of anilines is 1. The number of benzene rings is 1. The fourth-order valence-electron chi connectivity index (χ4n) is 4.00. The molecule has 1 aliphatic heterocycles. The van der Waals surface area contributed by atoms with Gasteiger partial charge in [0.1, 0.15) is 5.75 Å². The second-order valence-corrected chi connectivity index (χ2v) is 7.67. The van der Waals surface area contributed by atoms with Crippen LogP contribution < -0.4 is 10.1 Å². The Morgan fingerprint density at radius 1 is 1.36 bits per heavy atom. The van der Waals surface area contributed by atoms with Gasteiger partial charge in [-0.05, 0) is 50.3 Å². The number of amides is 2. The summed E-state index contributed by atoms with van der Waals surface area (Å²) in [7, 11) is 1.83. The van der Waals surface area contributed by atoms with Crippen molar-refractivity contribution in [3.63, 3.8) is 0 Å². The lowest BCUT2D eigenvalue weighted by atomic mass is 10.0. The van der Waals surface area contributed by atoms with E-state index in [2.05, 4.69) is 17.3 Å². The maximum absolute atomic E-state index is 13.1. The highest BCUT2D eigenvalue weighted by atomic mass is 16.5. The third-order valence-electron chi connectivity index (χ3n) is 5.57. The van der Waals surface area contributed by atoms with Gasteiger partial charge in [-0.3, -0.25) is 14.3 Å². The average Bonchev–Trinajstić information content (AvgIpc) is 3.34. The second kappa shape index (κ2) is 6.96. The van der Waals surface area contributed by atoms with Crippen LogP contribution in [0, 0.1) is 5.92 Å².